The Kier molecular flexibility index (Phi) is 6.05. The van der Waals surface area contributed by atoms with Crippen molar-refractivity contribution in [3.8, 4) is 11.8 Å². The molecule has 0 unspecified atom stereocenters. The Hall–Kier alpha value is -1.71. The lowest BCUT2D eigenvalue weighted by atomic mass is 9.95. The van der Waals surface area contributed by atoms with Crippen LogP contribution in [0.2, 0.25) is 5.02 Å². The van der Waals surface area contributed by atoms with E-state index in [1.54, 1.807) is 6.08 Å². The molecule has 2 fully saturated rings. The van der Waals surface area contributed by atoms with Gasteiger partial charge in [-0.2, -0.15) is 4.98 Å². The Bertz CT molecular complexity index is 1050. The molecule has 10 heteroatoms. The van der Waals surface area contributed by atoms with Gasteiger partial charge in [0.1, 0.15) is 28.7 Å². The van der Waals surface area contributed by atoms with Crippen molar-refractivity contribution in [3.05, 3.63) is 38.3 Å². The summed E-state index contributed by atoms with van der Waals surface area (Å²) in [6, 6.07) is -0.124. The topological polar surface area (TPSA) is 67.5 Å². The zero-order chi connectivity index (χ0) is 21.5. The Morgan fingerprint density at radius 3 is 3.03 bits per heavy atom. The first-order valence-corrected chi connectivity index (χ1v) is 10.9. The van der Waals surface area contributed by atoms with Gasteiger partial charge in [-0.3, -0.25) is 14.7 Å². The monoisotopic (exact) mass is 503 g/mol. The summed E-state index contributed by atoms with van der Waals surface area (Å²) in [5.74, 6) is -0.744. The third-order valence-corrected chi connectivity index (χ3v) is 7.06. The van der Waals surface area contributed by atoms with E-state index in [0.29, 0.717) is 19.4 Å². The first-order chi connectivity index (χ1) is 14.4. The van der Waals surface area contributed by atoms with Crippen molar-refractivity contribution in [2.24, 2.45) is 0 Å². The molecule has 3 heterocycles. The highest BCUT2D eigenvalue weighted by molar-refractivity contribution is 9.10. The second-order valence-electron chi connectivity index (χ2n) is 7.66. The Morgan fingerprint density at radius 2 is 2.27 bits per heavy atom. The summed E-state index contributed by atoms with van der Waals surface area (Å²) < 4.78 is 40.1. The van der Waals surface area contributed by atoms with Crippen LogP contribution < -0.4 is 15.0 Å². The number of H-pyrrole nitrogens is 1. The minimum Gasteiger partial charge on any atom is -0.491 e. The normalized spacial score (nSPS) is 23.7. The number of halogens is 4. The zero-order valence-electron chi connectivity index (χ0n) is 16.1. The number of hydrogen-bond donors (Lipinski definition) is 1. The second-order valence-corrected chi connectivity index (χ2v) is 8.83. The predicted molar refractivity (Wildman–Crippen MR) is 114 cm³/mol. The molecule has 2 aliphatic heterocycles. The van der Waals surface area contributed by atoms with Crippen molar-refractivity contribution in [2.45, 2.75) is 37.4 Å². The molecule has 2 aromatic rings. The van der Waals surface area contributed by atoms with Gasteiger partial charge < -0.3 is 9.47 Å². The summed E-state index contributed by atoms with van der Waals surface area (Å²) in [7, 11) is 0. The van der Waals surface area contributed by atoms with Crippen LogP contribution in [0.25, 0.3) is 10.9 Å². The van der Waals surface area contributed by atoms with Gasteiger partial charge in [-0.25, -0.2) is 8.78 Å². The van der Waals surface area contributed by atoms with Crippen LogP contribution in [0.3, 0.4) is 0 Å². The van der Waals surface area contributed by atoms with Crippen LogP contribution in [0.4, 0.5) is 8.78 Å². The van der Waals surface area contributed by atoms with Crippen LogP contribution in [0, 0.1) is 5.82 Å². The van der Waals surface area contributed by atoms with E-state index in [9.17, 15) is 13.6 Å². The third kappa shape index (κ3) is 3.71. The number of aromatic amines is 1. The number of nitrogens with zero attached hydrogens (tertiary/aromatic N) is 2. The lowest BCUT2D eigenvalue weighted by Gasteiger charge is -2.30. The molecule has 0 radical (unpaired) electrons. The molecule has 1 aromatic heterocycles. The summed E-state index contributed by atoms with van der Waals surface area (Å²) in [6.45, 7) is 5.20. The van der Waals surface area contributed by atoms with Gasteiger partial charge in [0.05, 0.1) is 16.6 Å². The fraction of sp³-hybridized carbons (Fsp3) is 0.500. The molecule has 0 aliphatic carbocycles. The highest BCUT2D eigenvalue weighted by atomic mass is 79.9. The third-order valence-electron chi connectivity index (χ3n) is 5.72. The smallest absolute Gasteiger partial charge is 0.297 e. The molecule has 0 bridgehead atoms. The predicted octanol–water partition coefficient (Wildman–Crippen LogP) is 4.39. The Balaban J connectivity index is 1.68. The molecule has 1 aromatic carbocycles. The number of rotatable bonds is 7. The molecule has 2 saturated heterocycles. The van der Waals surface area contributed by atoms with Gasteiger partial charge in [0.15, 0.2) is 11.6 Å². The number of nitrogens with one attached hydrogen (secondary N) is 1. The Labute approximate surface area is 185 Å². The molecule has 0 saturated carbocycles. The van der Waals surface area contributed by atoms with E-state index >= 15 is 0 Å². The van der Waals surface area contributed by atoms with E-state index in [4.69, 9.17) is 21.1 Å². The lowest BCUT2D eigenvalue weighted by molar-refractivity contribution is 0.107. The standard InChI is InChI=1S/C20H21BrClF2N3O3/c1-2-3-7-29-17-12-16(15(24)13(21)14(17)22)25-19(26-18(12)28)30-10-20-5-4-6-27(20)9-11(23)8-20/h2,11H,1,3-10H2,(H,25,26,28)/t11-,20+/m1/s1. The van der Waals surface area contributed by atoms with Crippen molar-refractivity contribution < 1.29 is 18.3 Å². The van der Waals surface area contributed by atoms with E-state index in [1.807, 2.05) is 0 Å². The molecule has 1 N–H and O–H groups in total. The van der Waals surface area contributed by atoms with Gasteiger partial charge in [-0.1, -0.05) is 17.7 Å². The quantitative estimate of drug-likeness (QED) is 0.344. The summed E-state index contributed by atoms with van der Waals surface area (Å²) >= 11 is 9.29. The molecule has 4 rings (SSSR count). The highest BCUT2D eigenvalue weighted by Gasteiger charge is 2.49. The molecule has 2 atom stereocenters. The number of aromatic nitrogens is 2. The van der Waals surface area contributed by atoms with Crippen molar-refractivity contribution in [1.29, 1.82) is 0 Å². The van der Waals surface area contributed by atoms with Crippen LogP contribution in [0.15, 0.2) is 21.9 Å². The number of alkyl halides is 1. The van der Waals surface area contributed by atoms with Crippen LogP contribution >= 0.6 is 27.5 Å². The van der Waals surface area contributed by atoms with E-state index in [0.717, 1.165) is 19.4 Å². The fourth-order valence-electron chi connectivity index (χ4n) is 4.33. The maximum Gasteiger partial charge on any atom is 0.297 e. The van der Waals surface area contributed by atoms with Gasteiger partial charge in [0, 0.05) is 13.0 Å². The van der Waals surface area contributed by atoms with Gasteiger partial charge >= 0.3 is 0 Å². The summed E-state index contributed by atoms with van der Waals surface area (Å²) in [6.07, 6.45) is 3.42. The summed E-state index contributed by atoms with van der Waals surface area (Å²) in [5.41, 5.74) is -1.26. The number of hydrogen-bond acceptors (Lipinski definition) is 5. The average molecular weight is 505 g/mol. The molecule has 6 nitrogen and oxygen atoms in total. The second kappa shape index (κ2) is 8.43. The van der Waals surface area contributed by atoms with Gasteiger partial charge in [-0.15, -0.1) is 6.58 Å². The van der Waals surface area contributed by atoms with Crippen molar-refractivity contribution in [3.63, 3.8) is 0 Å². The van der Waals surface area contributed by atoms with Crippen molar-refractivity contribution >= 4 is 38.4 Å². The molecule has 30 heavy (non-hydrogen) atoms. The SMILES string of the molecule is C=CCCOc1c(Cl)c(Br)c(F)c2nc(OC[C@@]34CCCN3C[C@H](F)C4)[nH]c(=O)c12. The number of fused-ring (bicyclic) bond motifs is 2. The lowest BCUT2D eigenvalue weighted by Crippen LogP contribution is -2.43. The molecular weight excluding hydrogens is 484 g/mol. The minimum absolute atomic E-state index is 0.0405. The number of ether oxygens (including phenoxy) is 2. The highest BCUT2D eigenvalue weighted by Crippen LogP contribution is 2.41. The number of benzene rings is 1. The fourth-order valence-corrected chi connectivity index (χ4v) is 4.93. The minimum atomic E-state index is -0.900. The summed E-state index contributed by atoms with van der Waals surface area (Å²) in [4.78, 5) is 21.5. The van der Waals surface area contributed by atoms with Crippen LogP contribution in [-0.4, -0.2) is 52.9 Å². The van der Waals surface area contributed by atoms with Crippen molar-refractivity contribution in [1.82, 2.24) is 14.9 Å². The van der Waals surface area contributed by atoms with E-state index in [1.165, 1.54) is 0 Å². The van der Waals surface area contributed by atoms with Crippen LogP contribution in [0.1, 0.15) is 25.7 Å². The average Bonchev–Trinajstić information content (AvgIpc) is 3.23. The zero-order valence-corrected chi connectivity index (χ0v) is 18.5. The van der Waals surface area contributed by atoms with Gasteiger partial charge in [-0.05, 0) is 41.7 Å². The maximum atomic E-state index is 14.9. The van der Waals surface area contributed by atoms with Gasteiger partial charge in [0.25, 0.3) is 11.6 Å². The molecule has 162 valence electrons. The molecule has 0 amide bonds. The molecule has 2 aliphatic rings. The van der Waals surface area contributed by atoms with E-state index in [2.05, 4.69) is 37.4 Å². The molecular formula is C20H21BrClF2N3O3. The Morgan fingerprint density at radius 1 is 1.47 bits per heavy atom. The van der Waals surface area contributed by atoms with Crippen LogP contribution in [0.5, 0.6) is 11.8 Å². The first-order valence-electron chi connectivity index (χ1n) is 9.72. The van der Waals surface area contributed by atoms with Gasteiger partial charge in [0.2, 0.25) is 0 Å². The largest absolute Gasteiger partial charge is 0.491 e. The summed E-state index contributed by atoms with van der Waals surface area (Å²) in [5, 5.41) is -0.145. The van der Waals surface area contributed by atoms with Crippen LogP contribution in [-0.2, 0) is 0 Å². The van der Waals surface area contributed by atoms with E-state index in [-0.39, 0.29) is 45.4 Å². The van der Waals surface area contributed by atoms with E-state index < -0.39 is 23.1 Å². The van der Waals surface area contributed by atoms with Crippen molar-refractivity contribution in [2.75, 3.05) is 26.3 Å². The maximum absolute atomic E-state index is 14.9. The molecule has 0 spiro atoms. The first kappa shape index (κ1) is 21.5.